The highest BCUT2D eigenvalue weighted by atomic mass is 16.5. The normalized spacial score (nSPS) is 10.6. The molecule has 3 aromatic heterocycles. The van der Waals surface area contributed by atoms with E-state index in [0.29, 0.717) is 17.1 Å². The van der Waals surface area contributed by atoms with E-state index >= 15 is 0 Å². The maximum absolute atomic E-state index is 11.7. The van der Waals surface area contributed by atoms with Crippen molar-refractivity contribution in [1.82, 2.24) is 20.5 Å². The molecule has 4 rings (SSSR count). The van der Waals surface area contributed by atoms with Gasteiger partial charge in [0.25, 0.3) is 11.8 Å². The topological polar surface area (TPSA) is 102 Å². The molecule has 28 heavy (non-hydrogen) atoms. The Hall–Kier alpha value is -3.94. The van der Waals surface area contributed by atoms with Gasteiger partial charge in [-0.05, 0) is 35.9 Å². The molecule has 140 valence electrons. The molecule has 0 aliphatic rings. The molecule has 0 aliphatic carbocycles. The van der Waals surface area contributed by atoms with E-state index in [0.717, 1.165) is 16.6 Å². The second-order valence-electron chi connectivity index (χ2n) is 5.93. The molecule has 8 heteroatoms. The van der Waals surface area contributed by atoms with E-state index in [-0.39, 0.29) is 18.4 Å². The smallest absolute Gasteiger partial charge is 0.278 e. The molecular weight excluding hydrogens is 358 g/mol. The van der Waals surface area contributed by atoms with Gasteiger partial charge in [-0.3, -0.25) is 9.78 Å². The first-order chi connectivity index (χ1) is 13.7. The van der Waals surface area contributed by atoms with Crippen LogP contribution in [0, 0.1) is 0 Å². The van der Waals surface area contributed by atoms with Crippen LogP contribution in [0.1, 0.15) is 16.1 Å². The van der Waals surface area contributed by atoms with E-state index < -0.39 is 0 Å². The Labute approximate surface area is 160 Å². The number of para-hydroxylation sites is 1. The minimum absolute atomic E-state index is 0.197. The largest absolute Gasteiger partial charge is 0.469 e. The summed E-state index contributed by atoms with van der Waals surface area (Å²) in [5, 5.41) is 14.9. The number of hydrogen-bond donors (Lipinski definition) is 2. The van der Waals surface area contributed by atoms with E-state index in [4.69, 9.17) is 9.15 Å². The van der Waals surface area contributed by atoms with Gasteiger partial charge < -0.3 is 19.8 Å². The first kappa shape index (κ1) is 17.5. The van der Waals surface area contributed by atoms with E-state index in [1.807, 2.05) is 30.3 Å². The van der Waals surface area contributed by atoms with Crippen LogP contribution in [0.3, 0.4) is 0 Å². The molecule has 8 nitrogen and oxygen atoms in total. The minimum Gasteiger partial charge on any atom is -0.469 e. The highest BCUT2D eigenvalue weighted by Gasteiger charge is 2.14. The zero-order valence-corrected chi connectivity index (χ0v) is 15.0. The number of hydrogen-bond acceptors (Lipinski definition) is 7. The number of amides is 1. The summed E-state index contributed by atoms with van der Waals surface area (Å²) in [6, 6.07) is 14.9. The van der Waals surface area contributed by atoms with Crippen LogP contribution in [0.5, 0.6) is 5.88 Å². The van der Waals surface area contributed by atoms with E-state index in [9.17, 15) is 4.79 Å². The summed E-state index contributed by atoms with van der Waals surface area (Å²) in [7, 11) is 1.56. The van der Waals surface area contributed by atoms with E-state index in [1.54, 1.807) is 37.7 Å². The second-order valence-corrected chi connectivity index (χ2v) is 5.93. The molecule has 0 unspecified atom stereocenters. The molecule has 0 fully saturated rings. The van der Waals surface area contributed by atoms with Crippen molar-refractivity contribution in [2.45, 2.75) is 6.61 Å². The van der Waals surface area contributed by atoms with Crippen LogP contribution in [0.15, 0.2) is 65.4 Å². The fraction of sp³-hybridized carbons (Fsp3) is 0.100. The Kier molecular flexibility index (Phi) is 4.83. The molecule has 0 radical (unpaired) electrons. The van der Waals surface area contributed by atoms with Crippen molar-refractivity contribution in [3.8, 4) is 5.88 Å². The number of anilines is 2. The SMILES string of the molecule is CNC(=O)c1cc(COc2nnc(Nc3ccccc3)c3ccoc23)ccn1. The van der Waals surface area contributed by atoms with Gasteiger partial charge >= 0.3 is 0 Å². The molecule has 3 heterocycles. The molecule has 0 saturated carbocycles. The van der Waals surface area contributed by atoms with Crippen molar-refractivity contribution in [1.29, 1.82) is 0 Å². The van der Waals surface area contributed by atoms with Gasteiger partial charge in [0.15, 0.2) is 5.82 Å². The Bertz CT molecular complexity index is 1110. The molecule has 1 aromatic carbocycles. The van der Waals surface area contributed by atoms with Crippen molar-refractivity contribution >= 4 is 28.4 Å². The third-order valence-corrected chi connectivity index (χ3v) is 4.05. The van der Waals surface area contributed by atoms with Gasteiger partial charge in [-0.25, -0.2) is 0 Å². The number of carbonyl (C=O) groups is 1. The number of benzene rings is 1. The van der Waals surface area contributed by atoms with Crippen LogP contribution in [0.25, 0.3) is 11.0 Å². The number of aromatic nitrogens is 3. The predicted molar refractivity (Wildman–Crippen MR) is 103 cm³/mol. The quantitative estimate of drug-likeness (QED) is 0.533. The number of fused-ring (bicyclic) bond motifs is 1. The third kappa shape index (κ3) is 3.61. The molecule has 0 aliphatic heterocycles. The number of nitrogens with one attached hydrogen (secondary N) is 2. The van der Waals surface area contributed by atoms with Crippen LogP contribution < -0.4 is 15.4 Å². The van der Waals surface area contributed by atoms with Crippen molar-refractivity contribution in [3.63, 3.8) is 0 Å². The first-order valence-corrected chi connectivity index (χ1v) is 8.60. The summed E-state index contributed by atoms with van der Waals surface area (Å²) in [5.74, 6) is 0.594. The molecule has 2 N–H and O–H groups in total. The lowest BCUT2D eigenvalue weighted by atomic mass is 10.2. The van der Waals surface area contributed by atoms with Crippen molar-refractivity contribution in [2.75, 3.05) is 12.4 Å². The highest BCUT2D eigenvalue weighted by molar-refractivity contribution is 5.92. The lowest BCUT2D eigenvalue weighted by Crippen LogP contribution is -2.19. The number of ether oxygens (including phenoxy) is 1. The van der Waals surface area contributed by atoms with Crippen LogP contribution >= 0.6 is 0 Å². The second kappa shape index (κ2) is 7.75. The molecular formula is C20H17N5O3. The van der Waals surface area contributed by atoms with Gasteiger partial charge in [-0.15, -0.1) is 10.2 Å². The number of nitrogens with zero attached hydrogens (tertiary/aromatic N) is 3. The maximum atomic E-state index is 11.7. The van der Waals surface area contributed by atoms with Crippen molar-refractivity contribution < 1.29 is 13.9 Å². The first-order valence-electron chi connectivity index (χ1n) is 8.60. The molecule has 0 bridgehead atoms. The molecule has 0 atom stereocenters. The third-order valence-electron chi connectivity index (χ3n) is 4.05. The summed E-state index contributed by atoms with van der Waals surface area (Å²) in [4.78, 5) is 15.7. The van der Waals surface area contributed by atoms with E-state index in [1.165, 1.54) is 0 Å². The monoisotopic (exact) mass is 375 g/mol. The Balaban J connectivity index is 1.55. The van der Waals surface area contributed by atoms with Gasteiger partial charge in [-0.1, -0.05) is 18.2 Å². The van der Waals surface area contributed by atoms with Crippen LogP contribution in [-0.2, 0) is 6.61 Å². The summed E-state index contributed by atoms with van der Waals surface area (Å²) in [6.45, 7) is 0.197. The van der Waals surface area contributed by atoms with Crippen LogP contribution in [0.4, 0.5) is 11.5 Å². The Morgan fingerprint density at radius 1 is 1.14 bits per heavy atom. The van der Waals surface area contributed by atoms with Crippen molar-refractivity contribution in [2.24, 2.45) is 0 Å². The number of pyridine rings is 1. The molecule has 0 saturated heterocycles. The Morgan fingerprint density at radius 3 is 2.82 bits per heavy atom. The standard InChI is InChI=1S/C20H17N5O3/c1-21-19(26)16-11-13(7-9-22-16)12-28-20-17-15(8-10-27-17)18(24-25-20)23-14-5-3-2-4-6-14/h2-11H,12H2,1H3,(H,21,26)(H,23,24). The number of furan rings is 1. The average molecular weight is 375 g/mol. The van der Waals surface area contributed by atoms with Gasteiger partial charge in [0.2, 0.25) is 5.58 Å². The fourth-order valence-corrected chi connectivity index (χ4v) is 2.67. The minimum atomic E-state index is -0.258. The maximum Gasteiger partial charge on any atom is 0.278 e. The summed E-state index contributed by atoms with van der Waals surface area (Å²) in [6.07, 6.45) is 3.12. The number of carbonyl (C=O) groups excluding carboxylic acids is 1. The number of rotatable bonds is 6. The van der Waals surface area contributed by atoms with Gasteiger partial charge in [0, 0.05) is 18.9 Å². The van der Waals surface area contributed by atoms with Crippen LogP contribution in [-0.4, -0.2) is 28.1 Å². The fourth-order valence-electron chi connectivity index (χ4n) is 2.67. The lowest BCUT2D eigenvalue weighted by molar-refractivity contribution is 0.0958. The molecule has 1 amide bonds. The molecule has 0 spiro atoms. The summed E-state index contributed by atoms with van der Waals surface area (Å²) < 4.78 is 11.3. The van der Waals surface area contributed by atoms with Gasteiger partial charge in [-0.2, -0.15) is 0 Å². The average Bonchev–Trinajstić information content (AvgIpc) is 3.24. The lowest BCUT2D eigenvalue weighted by Gasteiger charge is -2.09. The summed E-state index contributed by atoms with van der Waals surface area (Å²) in [5.41, 5.74) is 2.49. The summed E-state index contributed by atoms with van der Waals surface area (Å²) >= 11 is 0. The zero-order chi connectivity index (χ0) is 19.3. The Morgan fingerprint density at radius 2 is 2.00 bits per heavy atom. The highest BCUT2D eigenvalue weighted by Crippen LogP contribution is 2.30. The van der Waals surface area contributed by atoms with Crippen molar-refractivity contribution in [3.05, 3.63) is 72.2 Å². The predicted octanol–water partition coefficient (Wildman–Crippen LogP) is 3.30. The van der Waals surface area contributed by atoms with E-state index in [2.05, 4.69) is 25.8 Å². The zero-order valence-electron chi connectivity index (χ0n) is 15.0. The molecule has 4 aromatic rings. The van der Waals surface area contributed by atoms with Gasteiger partial charge in [0.1, 0.15) is 12.3 Å². The van der Waals surface area contributed by atoms with Gasteiger partial charge in [0.05, 0.1) is 11.6 Å². The van der Waals surface area contributed by atoms with Crippen LogP contribution in [0.2, 0.25) is 0 Å².